The van der Waals surface area contributed by atoms with Gasteiger partial charge in [0.25, 0.3) is 0 Å². The van der Waals surface area contributed by atoms with E-state index in [1.807, 2.05) is 13.8 Å². The van der Waals surface area contributed by atoms with E-state index in [1.54, 1.807) is 6.07 Å². The van der Waals surface area contributed by atoms with Crippen LogP contribution in [-0.4, -0.2) is 25.0 Å². The first-order valence-electron chi connectivity index (χ1n) is 5.64. The molecule has 1 rings (SSSR count). The summed E-state index contributed by atoms with van der Waals surface area (Å²) >= 11 is 0. The molecule has 1 heterocycles. The van der Waals surface area contributed by atoms with E-state index < -0.39 is 17.9 Å². The van der Waals surface area contributed by atoms with E-state index >= 15 is 0 Å². The number of primary amides is 1. The highest BCUT2D eigenvalue weighted by molar-refractivity contribution is 5.87. The molecular weight excluding hydrogens is 236 g/mol. The van der Waals surface area contributed by atoms with Crippen molar-refractivity contribution >= 4 is 11.9 Å². The minimum atomic E-state index is -0.544. The van der Waals surface area contributed by atoms with Gasteiger partial charge in [-0.3, -0.25) is 4.79 Å². The molecule has 1 atom stereocenters. The van der Waals surface area contributed by atoms with Gasteiger partial charge in [0.05, 0.1) is 19.4 Å². The molecule has 0 aliphatic carbocycles. The van der Waals surface area contributed by atoms with Crippen molar-refractivity contribution < 1.29 is 18.7 Å². The standard InChI is InChI=1S/C12H18N2O4/c1-7(2)9(11(13)15)14-6-8-4-5-18-10(8)12(16)17-3/h4-5,7,9,14H,6H2,1-3H3,(H2,13,15). The zero-order valence-corrected chi connectivity index (χ0v) is 10.7. The molecule has 0 fully saturated rings. The lowest BCUT2D eigenvalue weighted by molar-refractivity contribution is -0.121. The molecule has 100 valence electrons. The average Bonchev–Trinajstić information content (AvgIpc) is 2.75. The monoisotopic (exact) mass is 254 g/mol. The van der Waals surface area contributed by atoms with Gasteiger partial charge in [-0.05, 0) is 12.0 Å². The van der Waals surface area contributed by atoms with E-state index in [-0.39, 0.29) is 11.7 Å². The normalized spacial score (nSPS) is 12.4. The number of hydrogen-bond acceptors (Lipinski definition) is 5. The van der Waals surface area contributed by atoms with Crippen molar-refractivity contribution in [3.63, 3.8) is 0 Å². The van der Waals surface area contributed by atoms with Crippen LogP contribution >= 0.6 is 0 Å². The maximum Gasteiger partial charge on any atom is 0.374 e. The van der Waals surface area contributed by atoms with Gasteiger partial charge < -0.3 is 20.2 Å². The fraction of sp³-hybridized carbons (Fsp3) is 0.500. The van der Waals surface area contributed by atoms with Gasteiger partial charge in [0, 0.05) is 12.1 Å². The highest BCUT2D eigenvalue weighted by atomic mass is 16.5. The number of carbonyl (C=O) groups excluding carboxylic acids is 2. The molecule has 18 heavy (non-hydrogen) atoms. The zero-order valence-electron chi connectivity index (χ0n) is 10.7. The maximum atomic E-state index is 11.4. The molecule has 0 aliphatic rings. The van der Waals surface area contributed by atoms with Crippen LogP contribution in [0.3, 0.4) is 0 Å². The van der Waals surface area contributed by atoms with Crippen molar-refractivity contribution in [2.24, 2.45) is 11.7 Å². The minimum absolute atomic E-state index is 0.0657. The second-order valence-electron chi connectivity index (χ2n) is 4.27. The molecule has 0 bridgehead atoms. The third-order valence-corrected chi connectivity index (χ3v) is 2.60. The van der Waals surface area contributed by atoms with Crippen LogP contribution in [0, 0.1) is 5.92 Å². The molecular formula is C12H18N2O4. The lowest BCUT2D eigenvalue weighted by Gasteiger charge is -2.18. The molecule has 0 radical (unpaired) electrons. The number of amides is 1. The summed E-state index contributed by atoms with van der Waals surface area (Å²) in [6.45, 7) is 4.09. The number of methoxy groups -OCH3 is 1. The quantitative estimate of drug-likeness (QED) is 0.727. The number of nitrogens with one attached hydrogen (secondary N) is 1. The number of carbonyl (C=O) groups is 2. The molecule has 0 saturated carbocycles. The fourth-order valence-electron chi connectivity index (χ4n) is 1.63. The van der Waals surface area contributed by atoms with Gasteiger partial charge in [-0.2, -0.15) is 0 Å². The molecule has 0 spiro atoms. The molecule has 0 aromatic carbocycles. The van der Waals surface area contributed by atoms with E-state index in [0.717, 1.165) is 0 Å². The third kappa shape index (κ3) is 3.33. The summed E-state index contributed by atoms with van der Waals surface area (Å²) in [5.74, 6) is -0.766. The molecule has 3 N–H and O–H groups in total. The summed E-state index contributed by atoms with van der Waals surface area (Å²) in [6, 6.07) is 1.20. The summed E-state index contributed by atoms with van der Waals surface area (Å²) in [4.78, 5) is 22.6. The van der Waals surface area contributed by atoms with Crippen LogP contribution in [0.1, 0.15) is 30.0 Å². The van der Waals surface area contributed by atoms with E-state index in [0.29, 0.717) is 12.1 Å². The summed E-state index contributed by atoms with van der Waals surface area (Å²) in [7, 11) is 1.28. The molecule has 1 aromatic rings. The number of ether oxygens (including phenoxy) is 1. The second-order valence-corrected chi connectivity index (χ2v) is 4.27. The Morgan fingerprint density at radius 2 is 2.17 bits per heavy atom. The van der Waals surface area contributed by atoms with Crippen LogP contribution in [0.15, 0.2) is 16.7 Å². The van der Waals surface area contributed by atoms with Gasteiger partial charge in [0.15, 0.2) is 0 Å². The Labute approximate surface area is 105 Å². The maximum absolute atomic E-state index is 11.4. The summed E-state index contributed by atoms with van der Waals surface area (Å²) in [5, 5.41) is 3.00. The van der Waals surface area contributed by atoms with Crippen molar-refractivity contribution in [3.8, 4) is 0 Å². The van der Waals surface area contributed by atoms with Gasteiger partial charge in [0.1, 0.15) is 0 Å². The molecule has 6 nitrogen and oxygen atoms in total. The average molecular weight is 254 g/mol. The van der Waals surface area contributed by atoms with E-state index in [9.17, 15) is 9.59 Å². The first-order valence-corrected chi connectivity index (χ1v) is 5.64. The van der Waals surface area contributed by atoms with Crippen LogP contribution in [0.5, 0.6) is 0 Å². The Bertz CT molecular complexity index is 425. The van der Waals surface area contributed by atoms with Crippen molar-refractivity contribution in [2.75, 3.05) is 7.11 Å². The molecule has 0 aliphatic heterocycles. The highest BCUT2D eigenvalue weighted by Crippen LogP contribution is 2.12. The van der Waals surface area contributed by atoms with Crippen molar-refractivity contribution in [1.29, 1.82) is 0 Å². The molecule has 1 unspecified atom stereocenters. The molecule has 0 saturated heterocycles. The van der Waals surface area contributed by atoms with Crippen LogP contribution in [-0.2, 0) is 16.1 Å². The van der Waals surface area contributed by atoms with Crippen molar-refractivity contribution in [3.05, 3.63) is 23.7 Å². The summed E-state index contributed by atoms with van der Waals surface area (Å²) in [5.41, 5.74) is 5.92. The number of esters is 1. The lowest BCUT2D eigenvalue weighted by Crippen LogP contribution is -2.44. The van der Waals surface area contributed by atoms with Gasteiger partial charge >= 0.3 is 5.97 Å². The van der Waals surface area contributed by atoms with E-state index in [1.165, 1.54) is 13.4 Å². The smallest absolute Gasteiger partial charge is 0.374 e. The Balaban J connectivity index is 2.71. The van der Waals surface area contributed by atoms with Crippen LogP contribution in [0.25, 0.3) is 0 Å². The number of furan rings is 1. The van der Waals surface area contributed by atoms with Crippen LogP contribution in [0.4, 0.5) is 0 Å². The Morgan fingerprint density at radius 3 is 2.67 bits per heavy atom. The van der Waals surface area contributed by atoms with E-state index in [4.69, 9.17) is 10.2 Å². The zero-order chi connectivity index (χ0) is 13.7. The topological polar surface area (TPSA) is 94.6 Å². The minimum Gasteiger partial charge on any atom is -0.463 e. The van der Waals surface area contributed by atoms with Crippen LogP contribution in [0.2, 0.25) is 0 Å². The predicted molar refractivity (Wildman–Crippen MR) is 64.7 cm³/mol. The highest BCUT2D eigenvalue weighted by Gasteiger charge is 2.21. The molecule has 6 heteroatoms. The lowest BCUT2D eigenvalue weighted by atomic mass is 10.0. The van der Waals surface area contributed by atoms with Crippen LogP contribution < -0.4 is 11.1 Å². The fourth-order valence-corrected chi connectivity index (χ4v) is 1.63. The Hall–Kier alpha value is -1.82. The van der Waals surface area contributed by atoms with Gasteiger partial charge in [-0.25, -0.2) is 4.79 Å². The number of hydrogen-bond donors (Lipinski definition) is 2. The SMILES string of the molecule is COC(=O)c1occc1CNC(C(N)=O)C(C)C. The summed E-state index contributed by atoms with van der Waals surface area (Å²) in [6.07, 6.45) is 1.40. The Morgan fingerprint density at radius 1 is 1.50 bits per heavy atom. The van der Waals surface area contributed by atoms with Crippen molar-refractivity contribution in [1.82, 2.24) is 5.32 Å². The van der Waals surface area contributed by atoms with E-state index in [2.05, 4.69) is 10.1 Å². The number of rotatable bonds is 6. The van der Waals surface area contributed by atoms with Crippen molar-refractivity contribution in [2.45, 2.75) is 26.4 Å². The van der Waals surface area contributed by atoms with Gasteiger partial charge in [-0.1, -0.05) is 13.8 Å². The molecule has 1 aromatic heterocycles. The van der Waals surface area contributed by atoms with Gasteiger partial charge in [0.2, 0.25) is 11.7 Å². The summed E-state index contributed by atoms with van der Waals surface area (Å²) < 4.78 is 9.62. The Kier molecular flexibility index (Phi) is 4.91. The third-order valence-electron chi connectivity index (χ3n) is 2.60. The van der Waals surface area contributed by atoms with Gasteiger partial charge in [-0.15, -0.1) is 0 Å². The number of nitrogens with two attached hydrogens (primary N) is 1. The first-order chi connectivity index (χ1) is 8.47. The largest absolute Gasteiger partial charge is 0.463 e. The molecule has 1 amide bonds. The second kappa shape index (κ2) is 6.20. The predicted octanol–water partition coefficient (Wildman–Crippen LogP) is 0.666. The first kappa shape index (κ1) is 14.2.